The van der Waals surface area contributed by atoms with Crippen LogP contribution in [0.4, 0.5) is 11.5 Å². The number of nitro groups is 1. The summed E-state index contributed by atoms with van der Waals surface area (Å²) in [4.78, 5) is 40.1. The van der Waals surface area contributed by atoms with Crippen molar-refractivity contribution in [1.29, 1.82) is 0 Å². The van der Waals surface area contributed by atoms with Crippen LogP contribution in [0.15, 0.2) is 43.0 Å². The number of piperidine rings is 1. The maximum absolute atomic E-state index is 11.8. The van der Waals surface area contributed by atoms with E-state index in [1.807, 2.05) is 0 Å². The van der Waals surface area contributed by atoms with Gasteiger partial charge in [-0.2, -0.15) is 4.98 Å². The number of ether oxygens (including phenoxy) is 1. The molecule has 1 aromatic carbocycles. The summed E-state index contributed by atoms with van der Waals surface area (Å²) < 4.78 is 5.68. The summed E-state index contributed by atoms with van der Waals surface area (Å²) >= 11 is 0. The molecule has 2 N–H and O–H groups in total. The van der Waals surface area contributed by atoms with Crippen LogP contribution in [0.25, 0.3) is 11.4 Å². The molecule has 32 heavy (non-hydrogen) atoms. The Hall–Kier alpha value is -4.35. The molecule has 1 fully saturated rings. The quantitative estimate of drug-likeness (QED) is 0.429. The van der Waals surface area contributed by atoms with Crippen molar-refractivity contribution in [2.45, 2.75) is 12.8 Å². The zero-order chi connectivity index (χ0) is 22.7. The van der Waals surface area contributed by atoms with E-state index in [0.717, 1.165) is 0 Å². The first-order valence-corrected chi connectivity index (χ1v) is 9.69. The average Bonchev–Trinajstić information content (AvgIpc) is 2.80. The fraction of sp³-hybridized carbons (Fsp3) is 0.250. The van der Waals surface area contributed by atoms with Crippen molar-refractivity contribution in [2.75, 3.05) is 18.0 Å². The second-order valence-corrected chi connectivity index (χ2v) is 7.10. The number of anilines is 1. The first-order valence-electron chi connectivity index (χ1n) is 9.69. The van der Waals surface area contributed by atoms with Crippen molar-refractivity contribution >= 4 is 17.5 Å². The maximum Gasteiger partial charge on any atom is 0.373 e. The lowest BCUT2D eigenvalue weighted by atomic mass is 9.97. The highest BCUT2D eigenvalue weighted by molar-refractivity contribution is 5.71. The molecular weight excluding hydrogens is 420 g/mol. The molecule has 0 unspecified atom stereocenters. The molecule has 0 atom stereocenters. The van der Waals surface area contributed by atoms with Gasteiger partial charge in [0, 0.05) is 18.7 Å². The van der Waals surface area contributed by atoms with Gasteiger partial charge < -0.3 is 19.8 Å². The molecule has 4 rings (SSSR count). The van der Waals surface area contributed by atoms with Gasteiger partial charge in [-0.05, 0) is 37.1 Å². The van der Waals surface area contributed by atoms with E-state index in [1.165, 1.54) is 18.7 Å². The molecule has 3 heterocycles. The molecule has 0 amide bonds. The smallest absolute Gasteiger partial charge is 0.373 e. The predicted molar refractivity (Wildman–Crippen MR) is 110 cm³/mol. The number of carboxylic acid groups (broad SMARTS) is 1. The third-order valence-corrected chi connectivity index (χ3v) is 5.06. The Morgan fingerprint density at radius 3 is 2.34 bits per heavy atom. The molecule has 0 aliphatic carbocycles. The number of rotatable bonds is 6. The van der Waals surface area contributed by atoms with Crippen LogP contribution in [0.5, 0.6) is 17.4 Å². The van der Waals surface area contributed by atoms with E-state index < -0.39 is 16.8 Å². The van der Waals surface area contributed by atoms with Gasteiger partial charge in [0.25, 0.3) is 0 Å². The van der Waals surface area contributed by atoms with Gasteiger partial charge in [0.15, 0.2) is 11.6 Å². The van der Waals surface area contributed by atoms with E-state index in [1.54, 1.807) is 29.2 Å². The third kappa shape index (κ3) is 4.38. The molecule has 2 aromatic heterocycles. The van der Waals surface area contributed by atoms with E-state index in [4.69, 9.17) is 9.84 Å². The molecule has 12 heteroatoms. The first-order chi connectivity index (χ1) is 15.4. The normalized spacial score (nSPS) is 14.2. The molecule has 0 spiro atoms. The van der Waals surface area contributed by atoms with Crippen molar-refractivity contribution in [3.8, 4) is 28.8 Å². The van der Waals surface area contributed by atoms with Crippen molar-refractivity contribution in [3.63, 3.8) is 0 Å². The van der Waals surface area contributed by atoms with Gasteiger partial charge in [0.1, 0.15) is 12.1 Å². The highest BCUT2D eigenvalue weighted by Gasteiger charge is 2.32. The van der Waals surface area contributed by atoms with Gasteiger partial charge in [-0.3, -0.25) is 14.9 Å². The van der Waals surface area contributed by atoms with E-state index in [2.05, 4.69) is 19.9 Å². The summed E-state index contributed by atoms with van der Waals surface area (Å²) in [5, 5.41) is 30.3. The van der Waals surface area contributed by atoms with Crippen LogP contribution in [0, 0.1) is 16.0 Å². The molecule has 1 aliphatic rings. The number of carbonyl (C=O) groups is 1. The molecule has 3 aromatic rings. The Morgan fingerprint density at radius 2 is 1.75 bits per heavy atom. The largest absolute Gasteiger partial charge is 0.505 e. The second kappa shape index (κ2) is 8.79. The van der Waals surface area contributed by atoms with E-state index >= 15 is 0 Å². The van der Waals surface area contributed by atoms with Gasteiger partial charge in [-0.15, -0.1) is 0 Å². The Balaban J connectivity index is 1.56. The van der Waals surface area contributed by atoms with Crippen molar-refractivity contribution in [3.05, 3.63) is 53.1 Å². The van der Waals surface area contributed by atoms with E-state index in [0.29, 0.717) is 43.1 Å². The average molecular weight is 438 g/mol. The van der Waals surface area contributed by atoms with Crippen LogP contribution >= 0.6 is 0 Å². The van der Waals surface area contributed by atoms with Crippen LogP contribution in [-0.4, -0.2) is 54.1 Å². The highest BCUT2D eigenvalue weighted by Crippen LogP contribution is 2.37. The predicted octanol–water partition coefficient (Wildman–Crippen LogP) is 2.64. The SMILES string of the molecule is O=C(O)C1CCN(c2ncnc(Oc3ccc(-c4ncc(O)cn4)cc3)c2[N+](=O)[O-])CC1. The lowest BCUT2D eigenvalue weighted by molar-refractivity contribution is -0.385. The Labute approximate surface area is 181 Å². The lowest BCUT2D eigenvalue weighted by Crippen LogP contribution is -2.37. The van der Waals surface area contributed by atoms with Crippen LogP contribution in [-0.2, 0) is 4.79 Å². The topological polar surface area (TPSA) is 165 Å². The summed E-state index contributed by atoms with van der Waals surface area (Å²) in [6, 6.07) is 6.53. The molecule has 1 aliphatic heterocycles. The number of hydrogen-bond donors (Lipinski definition) is 2. The number of carboxylic acids is 1. The Bertz CT molecular complexity index is 1130. The highest BCUT2D eigenvalue weighted by atomic mass is 16.6. The molecule has 1 saturated heterocycles. The van der Waals surface area contributed by atoms with Gasteiger partial charge in [-0.25, -0.2) is 15.0 Å². The molecule has 12 nitrogen and oxygen atoms in total. The monoisotopic (exact) mass is 438 g/mol. The summed E-state index contributed by atoms with van der Waals surface area (Å²) in [5.41, 5.74) is 0.281. The van der Waals surface area contributed by atoms with Crippen LogP contribution in [0.2, 0.25) is 0 Å². The molecule has 0 saturated carbocycles. The number of nitrogens with zero attached hydrogens (tertiary/aromatic N) is 6. The molecule has 0 bridgehead atoms. The standard InChI is InChI=1S/C20H18N6O6/c27-14-9-21-17(22-10-14)12-1-3-15(4-2-12)32-19-16(26(30)31)18(23-11-24-19)25-7-5-13(6-8-25)20(28)29/h1-4,9-11,13,27H,5-8H2,(H,28,29). The summed E-state index contributed by atoms with van der Waals surface area (Å²) in [5.74, 6) is -0.801. The van der Waals surface area contributed by atoms with Crippen molar-refractivity contribution in [1.82, 2.24) is 19.9 Å². The van der Waals surface area contributed by atoms with Crippen molar-refractivity contribution < 1.29 is 24.7 Å². The zero-order valence-corrected chi connectivity index (χ0v) is 16.7. The lowest BCUT2D eigenvalue weighted by Gasteiger charge is -2.30. The van der Waals surface area contributed by atoms with E-state index in [9.17, 15) is 20.0 Å². The van der Waals surface area contributed by atoms with Gasteiger partial charge in [0.2, 0.25) is 5.82 Å². The van der Waals surface area contributed by atoms with Crippen molar-refractivity contribution in [2.24, 2.45) is 5.92 Å². The van der Waals surface area contributed by atoms with Gasteiger partial charge >= 0.3 is 17.5 Å². The molecular formula is C20H18N6O6. The Kier molecular flexibility index (Phi) is 5.75. The minimum atomic E-state index is -0.869. The summed E-state index contributed by atoms with van der Waals surface area (Å²) in [7, 11) is 0. The number of aromatic nitrogens is 4. The number of aliphatic carboxylic acids is 1. The third-order valence-electron chi connectivity index (χ3n) is 5.06. The van der Waals surface area contributed by atoms with Crippen LogP contribution < -0.4 is 9.64 Å². The Morgan fingerprint density at radius 1 is 1.09 bits per heavy atom. The fourth-order valence-corrected chi connectivity index (χ4v) is 3.41. The first kappa shape index (κ1) is 20.9. The fourth-order valence-electron chi connectivity index (χ4n) is 3.41. The molecule has 164 valence electrons. The number of aromatic hydroxyl groups is 1. The van der Waals surface area contributed by atoms with Gasteiger partial charge in [0.05, 0.1) is 23.2 Å². The second-order valence-electron chi connectivity index (χ2n) is 7.10. The van der Waals surface area contributed by atoms with Crippen LogP contribution in [0.3, 0.4) is 0 Å². The minimum Gasteiger partial charge on any atom is -0.505 e. The molecule has 0 radical (unpaired) electrons. The maximum atomic E-state index is 11.8. The minimum absolute atomic E-state index is 0.0484. The number of hydrogen-bond acceptors (Lipinski definition) is 10. The zero-order valence-electron chi connectivity index (χ0n) is 16.7. The number of benzene rings is 1. The summed E-state index contributed by atoms with van der Waals surface area (Å²) in [6.45, 7) is 0.658. The summed E-state index contributed by atoms with van der Waals surface area (Å²) in [6.07, 6.45) is 4.47. The van der Waals surface area contributed by atoms with Crippen LogP contribution in [0.1, 0.15) is 12.8 Å². The van der Waals surface area contributed by atoms with E-state index in [-0.39, 0.29) is 23.1 Å². The van der Waals surface area contributed by atoms with Gasteiger partial charge in [-0.1, -0.05) is 0 Å².